The number of carbonyl (C=O) groups is 1. The molecular weight excluding hydrogens is 286 g/mol. The average Bonchev–Trinajstić information content (AvgIpc) is 2.96. The number of hydrogen-bond acceptors (Lipinski definition) is 4. The van der Waals surface area contributed by atoms with Crippen LogP contribution in [-0.2, 0) is 0 Å². The molecule has 0 atom stereocenters. The summed E-state index contributed by atoms with van der Waals surface area (Å²) in [4.78, 5) is 19.2. The fourth-order valence-corrected chi connectivity index (χ4v) is 2.49. The molecule has 0 bridgehead atoms. The molecule has 3 rings (SSSR count). The molecule has 0 aliphatic rings. The average molecular weight is 292 g/mol. The Morgan fingerprint density at radius 1 is 1.25 bits per heavy atom. The number of rotatable bonds is 2. The topological polar surface area (TPSA) is 63.1 Å². The van der Waals surface area contributed by atoms with E-state index < -0.39 is 17.6 Å². The minimum atomic E-state index is -1.35. The van der Waals surface area contributed by atoms with E-state index in [1.54, 1.807) is 5.38 Å². The van der Waals surface area contributed by atoms with Crippen molar-refractivity contribution in [3.63, 3.8) is 0 Å². The standard InChI is InChI=1S/C13H6F2N2O2S/c14-7-1-2-8(15)11-10(7)6(13(18)19)5-9(17-11)12-16-3-4-20-12/h1-5H,(H,18,19). The van der Waals surface area contributed by atoms with Crippen LogP contribution < -0.4 is 0 Å². The van der Waals surface area contributed by atoms with Crippen molar-refractivity contribution in [3.05, 3.63) is 47.0 Å². The van der Waals surface area contributed by atoms with Crippen molar-refractivity contribution in [2.45, 2.75) is 0 Å². The highest BCUT2D eigenvalue weighted by Crippen LogP contribution is 2.29. The van der Waals surface area contributed by atoms with E-state index in [4.69, 9.17) is 0 Å². The Balaban J connectivity index is 2.43. The second kappa shape index (κ2) is 4.61. The van der Waals surface area contributed by atoms with E-state index in [0.717, 1.165) is 12.1 Å². The van der Waals surface area contributed by atoms with E-state index in [0.29, 0.717) is 5.01 Å². The maximum Gasteiger partial charge on any atom is 0.336 e. The van der Waals surface area contributed by atoms with Crippen molar-refractivity contribution in [2.24, 2.45) is 0 Å². The van der Waals surface area contributed by atoms with Crippen molar-refractivity contribution in [3.8, 4) is 10.7 Å². The van der Waals surface area contributed by atoms with E-state index >= 15 is 0 Å². The summed E-state index contributed by atoms with van der Waals surface area (Å²) in [5.41, 5.74) is -0.443. The second-order valence-electron chi connectivity index (χ2n) is 3.95. The lowest BCUT2D eigenvalue weighted by Crippen LogP contribution is -2.03. The normalized spacial score (nSPS) is 10.9. The van der Waals surface area contributed by atoms with Crippen molar-refractivity contribution >= 4 is 28.2 Å². The largest absolute Gasteiger partial charge is 0.478 e. The van der Waals surface area contributed by atoms with E-state index in [9.17, 15) is 18.7 Å². The Bertz CT molecular complexity index is 819. The Morgan fingerprint density at radius 2 is 2.00 bits per heavy atom. The monoisotopic (exact) mass is 292 g/mol. The molecule has 1 N–H and O–H groups in total. The molecule has 100 valence electrons. The fourth-order valence-electron chi connectivity index (χ4n) is 1.90. The molecular formula is C13H6F2N2O2S. The smallest absolute Gasteiger partial charge is 0.336 e. The van der Waals surface area contributed by atoms with Gasteiger partial charge in [-0.25, -0.2) is 23.5 Å². The number of benzene rings is 1. The number of halogens is 2. The van der Waals surface area contributed by atoms with Gasteiger partial charge in [-0.15, -0.1) is 11.3 Å². The van der Waals surface area contributed by atoms with Crippen LogP contribution in [0.5, 0.6) is 0 Å². The van der Waals surface area contributed by atoms with Crippen LogP contribution in [0.4, 0.5) is 8.78 Å². The van der Waals surface area contributed by atoms with Crippen LogP contribution in [0.25, 0.3) is 21.6 Å². The second-order valence-corrected chi connectivity index (χ2v) is 4.84. The Kier molecular flexibility index (Phi) is 2.90. The first-order valence-electron chi connectivity index (χ1n) is 5.50. The lowest BCUT2D eigenvalue weighted by Gasteiger charge is -2.07. The summed E-state index contributed by atoms with van der Waals surface area (Å²) in [7, 11) is 0. The molecule has 3 aromatic rings. The summed E-state index contributed by atoms with van der Waals surface area (Å²) in [5, 5.41) is 11.0. The molecule has 0 radical (unpaired) electrons. The van der Waals surface area contributed by atoms with Gasteiger partial charge in [0.2, 0.25) is 0 Å². The van der Waals surface area contributed by atoms with Crippen LogP contribution in [0.1, 0.15) is 10.4 Å². The van der Waals surface area contributed by atoms with Crippen LogP contribution in [0.2, 0.25) is 0 Å². The van der Waals surface area contributed by atoms with Gasteiger partial charge in [-0.05, 0) is 18.2 Å². The van der Waals surface area contributed by atoms with E-state index in [-0.39, 0.29) is 22.2 Å². The molecule has 0 amide bonds. The first kappa shape index (κ1) is 12.6. The van der Waals surface area contributed by atoms with Gasteiger partial charge in [0.1, 0.15) is 27.9 Å². The van der Waals surface area contributed by atoms with Crippen molar-refractivity contribution in [1.29, 1.82) is 0 Å². The van der Waals surface area contributed by atoms with Gasteiger partial charge in [0.15, 0.2) is 0 Å². The van der Waals surface area contributed by atoms with Gasteiger partial charge in [0.05, 0.1) is 10.9 Å². The highest BCUT2D eigenvalue weighted by molar-refractivity contribution is 7.13. The predicted octanol–water partition coefficient (Wildman–Crippen LogP) is 3.33. The first-order chi connectivity index (χ1) is 9.58. The van der Waals surface area contributed by atoms with Gasteiger partial charge in [-0.1, -0.05) is 0 Å². The molecule has 0 aliphatic carbocycles. The van der Waals surface area contributed by atoms with Crippen LogP contribution in [0.3, 0.4) is 0 Å². The van der Waals surface area contributed by atoms with E-state index in [1.807, 2.05) is 0 Å². The third-order valence-corrected chi connectivity index (χ3v) is 3.54. The van der Waals surface area contributed by atoms with Crippen LogP contribution in [0, 0.1) is 11.6 Å². The lowest BCUT2D eigenvalue weighted by atomic mass is 10.1. The van der Waals surface area contributed by atoms with Crippen LogP contribution in [-0.4, -0.2) is 21.0 Å². The summed E-state index contributed by atoms with van der Waals surface area (Å²) in [6.07, 6.45) is 1.52. The maximum atomic E-state index is 13.8. The van der Waals surface area contributed by atoms with E-state index in [1.165, 1.54) is 23.6 Å². The SMILES string of the molecule is O=C(O)c1cc(-c2nccs2)nc2c(F)ccc(F)c12. The number of hydrogen-bond donors (Lipinski definition) is 1. The first-order valence-corrected chi connectivity index (χ1v) is 6.38. The number of carboxylic acids is 1. The third-order valence-electron chi connectivity index (χ3n) is 2.74. The molecule has 0 unspecified atom stereocenters. The molecule has 0 fully saturated rings. The number of fused-ring (bicyclic) bond motifs is 1. The molecule has 20 heavy (non-hydrogen) atoms. The van der Waals surface area contributed by atoms with Gasteiger partial charge in [0.25, 0.3) is 0 Å². The summed E-state index contributed by atoms with van der Waals surface area (Å²) in [6.45, 7) is 0. The molecule has 0 aliphatic heterocycles. The molecule has 7 heteroatoms. The number of thiazole rings is 1. The molecule has 0 spiro atoms. The molecule has 2 heterocycles. The van der Waals surface area contributed by atoms with Crippen LogP contribution in [0.15, 0.2) is 29.8 Å². The number of pyridine rings is 1. The minimum Gasteiger partial charge on any atom is -0.478 e. The number of aromatic nitrogens is 2. The third kappa shape index (κ3) is 1.92. The van der Waals surface area contributed by atoms with Crippen molar-refractivity contribution in [1.82, 2.24) is 9.97 Å². The molecule has 0 saturated heterocycles. The highest BCUT2D eigenvalue weighted by atomic mass is 32.1. The summed E-state index contributed by atoms with van der Waals surface area (Å²) >= 11 is 1.23. The predicted molar refractivity (Wildman–Crippen MR) is 69.7 cm³/mol. The zero-order chi connectivity index (χ0) is 14.3. The Labute approximate surface area is 115 Å². The summed E-state index contributed by atoms with van der Waals surface area (Å²) in [6, 6.07) is 3.00. The maximum absolute atomic E-state index is 13.8. The number of carboxylic acid groups (broad SMARTS) is 1. The zero-order valence-electron chi connectivity index (χ0n) is 9.80. The molecule has 1 aromatic carbocycles. The van der Waals surface area contributed by atoms with Crippen molar-refractivity contribution in [2.75, 3.05) is 0 Å². The quantitative estimate of drug-likeness (QED) is 0.787. The molecule has 2 aromatic heterocycles. The van der Waals surface area contributed by atoms with E-state index in [2.05, 4.69) is 9.97 Å². The van der Waals surface area contributed by atoms with Crippen molar-refractivity contribution < 1.29 is 18.7 Å². The lowest BCUT2D eigenvalue weighted by molar-refractivity contribution is 0.0698. The molecule has 0 saturated carbocycles. The Morgan fingerprint density at radius 3 is 2.65 bits per heavy atom. The van der Waals surface area contributed by atoms with Crippen LogP contribution >= 0.6 is 11.3 Å². The minimum absolute atomic E-state index is 0.203. The zero-order valence-corrected chi connectivity index (χ0v) is 10.6. The summed E-state index contributed by atoms with van der Waals surface area (Å²) in [5.74, 6) is -2.95. The van der Waals surface area contributed by atoms with Gasteiger partial charge in [-0.2, -0.15) is 0 Å². The van der Waals surface area contributed by atoms with Gasteiger partial charge < -0.3 is 5.11 Å². The fraction of sp³-hybridized carbons (Fsp3) is 0. The number of aromatic carboxylic acids is 1. The van der Waals surface area contributed by atoms with Gasteiger partial charge in [-0.3, -0.25) is 0 Å². The highest BCUT2D eigenvalue weighted by Gasteiger charge is 2.19. The van der Waals surface area contributed by atoms with Gasteiger partial charge >= 0.3 is 5.97 Å². The number of nitrogens with zero attached hydrogens (tertiary/aromatic N) is 2. The Hall–Kier alpha value is -2.41. The summed E-state index contributed by atoms with van der Waals surface area (Å²) < 4.78 is 27.6. The molecule has 4 nitrogen and oxygen atoms in total. The van der Waals surface area contributed by atoms with Gasteiger partial charge in [0, 0.05) is 11.6 Å².